The number of carbonyl (C=O) groups is 1. The van der Waals surface area contributed by atoms with Crippen molar-refractivity contribution in [3.05, 3.63) is 34.3 Å². The lowest BCUT2D eigenvalue weighted by molar-refractivity contribution is 0.0532. The van der Waals surface area contributed by atoms with E-state index in [0.717, 1.165) is 29.4 Å². The first kappa shape index (κ1) is 13.6. The van der Waals surface area contributed by atoms with Gasteiger partial charge < -0.3 is 10.6 Å². The summed E-state index contributed by atoms with van der Waals surface area (Å²) in [5, 5.41) is 0. The average Bonchev–Trinajstić information content (AvgIpc) is 2.38. The summed E-state index contributed by atoms with van der Waals surface area (Å²) < 4.78 is 0.987. The normalized spacial score (nSPS) is 24.1. The van der Waals surface area contributed by atoms with Crippen LogP contribution in [0.15, 0.2) is 28.7 Å². The Morgan fingerprint density at radius 1 is 1.44 bits per heavy atom. The van der Waals surface area contributed by atoms with Crippen LogP contribution in [0.3, 0.4) is 0 Å². The van der Waals surface area contributed by atoms with Crippen molar-refractivity contribution in [1.29, 1.82) is 0 Å². The van der Waals surface area contributed by atoms with Crippen molar-refractivity contribution in [2.75, 3.05) is 13.1 Å². The molecule has 0 spiro atoms. The lowest BCUT2D eigenvalue weighted by Gasteiger charge is -2.39. The molecule has 0 bridgehead atoms. The minimum Gasteiger partial charge on any atom is -0.334 e. The summed E-state index contributed by atoms with van der Waals surface area (Å²) in [4.78, 5) is 14.4. The van der Waals surface area contributed by atoms with Crippen LogP contribution in [-0.2, 0) is 0 Å². The molecule has 0 saturated carbocycles. The van der Waals surface area contributed by atoms with E-state index in [2.05, 4.69) is 22.9 Å². The van der Waals surface area contributed by atoms with Gasteiger partial charge in [0, 0.05) is 29.2 Å². The first-order valence-electron chi connectivity index (χ1n) is 6.40. The number of nitrogens with zero attached hydrogens (tertiary/aromatic N) is 1. The number of rotatable bonds is 2. The largest absolute Gasteiger partial charge is 0.334 e. The Labute approximate surface area is 116 Å². The molecule has 1 aliphatic heterocycles. The third-order valence-electron chi connectivity index (χ3n) is 3.71. The van der Waals surface area contributed by atoms with Crippen LogP contribution in [0.25, 0.3) is 0 Å². The molecule has 0 radical (unpaired) electrons. The van der Waals surface area contributed by atoms with Gasteiger partial charge >= 0.3 is 0 Å². The molecule has 2 rings (SSSR count). The number of likely N-dealkylation sites (tertiary alicyclic amines) is 1. The number of amides is 1. The predicted molar refractivity (Wildman–Crippen MR) is 76.4 cm³/mol. The molecule has 1 saturated heterocycles. The van der Waals surface area contributed by atoms with Gasteiger partial charge in [0.1, 0.15) is 0 Å². The SMILES string of the molecule is CC1CCCN(C(=O)c2ccc(Br)cc2)C1CN. The Balaban J connectivity index is 2.18. The maximum atomic E-state index is 12.5. The van der Waals surface area contributed by atoms with Crippen molar-refractivity contribution in [1.82, 2.24) is 4.90 Å². The van der Waals surface area contributed by atoms with E-state index in [9.17, 15) is 4.79 Å². The zero-order valence-electron chi connectivity index (χ0n) is 10.6. The van der Waals surface area contributed by atoms with Gasteiger partial charge in [0.2, 0.25) is 0 Å². The second-order valence-electron chi connectivity index (χ2n) is 4.93. The molecule has 1 aromatic carbocycles. The fourth-order valence-corrected chi connectivity index (χ4v) is 2.88. The van der Waals surface area contributed by atoms with Crippen LogP contribution in [0.4, 0.5) is 0 Å². The summed E-state index contributed by atoms with van der Waals surface area (Å²) in [5.74, 6) is 0.590. The van der Waals surface area contributed by atoms with Gasteiger partial charge in [-0.05, 0) is 43.0 Å². The lowest BCUT2D eigenvalue weighted by atomic mass is 9.90. The predicted octanol–water partition coefficient (Wildman–Crippen LogP) is 2.65. The Hall–Kier alpha value is -0.870. The van der Waals surface area contributed by atoms with Crippen LogP contribution < -0.4 is 5.73 Å². The van der Waals surface area contributed by atoms with E-state index in [1.54, 1.807) is 0 Å². The first-order valence-corrected chi connectivity index (χ1v) is 7.19. The summed E-state index contributed by atoms with van der Waals surface area (Å²) in [6.45, 7) is 3.54. The molecule has 0 aliphatic carbocycles. The highest BCUT2D eigenvalue weighted by Gasteiger charge is 2.31. The van der Waals surface area contributed by atoms with Crippen molar-refractivity contribution in [3.8, 4) is 0 Å². The summed E-state index contributed by atoms with van der Waals surface area (Å²) in [6.07, 6.45) is 2.23. The van der Waals surface area contributed by atoms with Gasteiger partial charge in [0.25, 0.3) is 5.91 Å². The third-order valence-corrected chi connectivity index (χ3v) is 4.24. The molecule has 1 aromatic rings. The molecule has 1 fully saturated rings. The number of hydrogen-bond acceptors (Lipinski definition) is 2. The van der Waals surface area contributed by atoms with Gasteiger partial charge in [-0.1, -0.05) is 22.9 Å². The van der Waals surface area contributed by atoms with Crippen LogP contribution in [0.5, 0.6) is 0 Å². The number of halogens is 1. The highest BCUT2D eigenvalue weighted by molar-refractivity contribution is 9.10. The van der Waals surface area contributed by atoms with E-state index in [1.807, 2.05) is 29.2 Å². The molecule has 2 N–H and O–H groups in total. The summed E-state index contributed by atoms with van der Waals surface area (Å²) in [6, 6.07) is 7.70. The zero-order valence-corrected chi connectivity index (χ0v) is 12.2. The molecular weight excluding hydrogens is 292 g/mol. The maximum Gasteiger partial charge on any atom is 0.254 e. The quantitative estimate of drug-likeness (QED) is 0.913. The molecule has 0 aromatic heterocycles. The van der Waals surface area contributed by atoms with Gasteiger partial charge in [-0.25, -0.2) is 0 Å². The molecule has 1 heterocycles. The average molecular weight is 311 g/mol. The topological polar surface area (TPSA) is 46.3 Å². The van der Waals surface area contributed by atoms with Gasteiger partial charge in [0.05, 0.1) is 0 Å². The van der Waals surface area contributed by atoms with Crippen molar-refractivity contribution >= 4 is 21.8 Å². The molecule has 2 atom stereocenters. The smallest absolute Gasteiger partial charge is 0.254 e. The molecule has 1 amide bonds. The van der Waals surface area contributed by atoms with Crippen molar-refractivity contribution in [2.45, 2.75) is 25.8 Å². The van der Waals surface area contributed by atoms with E-state index in [1.165, 1.54) is 0 Å². The number of piperidine rings is 1. The van der Waals surface area contributed by atoms with Crippen LogP contribution >= 0.6 is 15.9 Å². The Kier molecular flexibility index (Phi) is 4.40. The van der Waals surface area contributed by atoms with Gasteiger partial charge in [0.15, 0.2) is 0 Å². The molecular formula is C14H19BrN2O. The maximum absolute atomic E-state index is 12.5. The summed E-state index contributed by atoms with van der Waals surface area (Å²) >= 11 is 3.38. The van der Waals surface area contributed by atoms with Crippen LogP contribution in [-0.4, -0.2) is 29.9 Å². The molecule has 98 valence electrons. The monoisotopic (exact) mass is 310 g/mol. The Morgan fingerprint density at radius 3 is 2.72 bits per heavy atom. The van der Waals surface area contributed by atoms with Gasteiger partial charge in [-0.15, -0.1) is 0 Å². The molecule has 2 unspecified atom stereocenters. The second kappa shape index (κ2) is 5.85. The van der Waals surface area contributed by atoms with Crippen molar-refractivity contribution in [3.63, 3.8) is 0 Å². The number of benzene rings is 1. The van der Waals surface area contributed by atoms with E-state index in [4.69, 9.17) is 5.73 Å². The Morgan fingerprint density at radius 2 is 2.11 bits per heavy atom. The minimum absolute atomic E-state index is 0.101. The van der Waals surface area contributed by atoms with E-state index in [-0.39, 0.29) is 11.9 Å². The highest BCUT2D eigenvalue weighted by Crippen LogP contribution is 2.24. The second-order valence-corrected chi connectivity index (χ2v) is 5.84. The third kappa shape index (κ3) is 2.75. The van der Waals surface area contributed by atoms with Crippen LogP contribution in [0.1, 0.15) is 30.1 Å². The Bertz CT molecular complexity index is 418. The van der Waals surface area contributed by atoms with E-state index < -0.39 is 0 Å². The van der Waals surface area contributed by atoms with Crippen molar-refractivity contribution in [2.24, 2.45) is 11.7 Å². The summed E-state index contributed by atoms with van der Waals surface area (Å²) in [5.41, 5.74) is 6.56. The van der Waals surface area contributed by atoms with E-state index in [0.29, 0.717) is 12.5 Å². The lowest BCUT2D eigenvalue weighted by Crippen LogP contribution is -2.51. The van der Waals surface area contributed by atoms with Gasteiger partial charge in [-0.3, -0.25) is 4.79 Å². The number of hydrogen-bond donors (Lipinski definition) is 1. The molecule has 18 heavy (non-hydrogen) atoms. The van der Waals surface area contributed by atoms with Crippen LogP contribution in [0.2, 0.25) is 0 Å². The summed E-state index contributed by atoms with van der Waals surface area (Å²) in [7, 11) is 0. The standard InChI is InChI=1S/C14H19BrN2O/c1-10-3-2-8-17(13(10)9-16)14(18)11-4-6-12(15)7-5-11/h4-7,10,13H,2-3,8-9,16H2,1H3. The molecule has 3 nitrogen and oxygen atoms in total. The van der Waals surface area contributed by atoms with Crippen LogP contribution in [0, 0.1) is 5.92 Å². The fraction of sp³-hybridized carbons (Fsp3) is 0.500. The highest BCUT2D eigenvalue weighted by atomic mass is 79.9. The van der Waals surface area contributed by atoms with Crippen molar-refractivity contribution < 1.29 is 4.79 Å². The van der Waals surface area contributed by atoms with E-state index >= 15 is 0 Å². The first-order chi connectivity index (χ1) is 8.63. The minimum atomic E-state index is 0.101. The molecule has 1 aliphatic rings. The number of carbonyl (C=O) groups excluding carboxylic acids is 1. The fourth-order valence-electron chi connectivity index (χ4n) is 2.62. The molecule has 4 heteroatoms. The zero-order chi connectivity index (χ0) is 13.1. The number of nitrogens with two attached hydrogens (primary N) is 1. The van der Waals surface area contributed by atoms with Gasteiger partial charge in [-0.2, -0.15) is 0 Å².